The summed E-state index contributed by atoms with van der Waals surface area (Å²) in [5.41, 5.74) is 1.93. The Balaban J connectivity index is 2.19. The van der Waals surface area contributed by atoms with Crippen molar-refractivity contribution in [3.63, 3.8) is 0 Å². The zero-order valence-electron chi connectivity index (χ0n) is 12.7. The van der Waals surface area contributed by atoms with Gasteiger partial charge in [-0.25, -0.2) is 8.42 Å². The Labute approximate surface area is 125 Å². The number of sulfone groups is 1. The first-order chi connectivity index (χ1) is 9.96. The van der Waals surface area contributed by atoms with Crippen molar-refractivity contribution in [1.82, 2.24) is 15.0 Å². The Kier molecular flexibility index (Phi) is 4.77. The molecule has 114 valence electrons. The zero-order valence-corrected chi connectivity index (χ0v) is 13.5. The highest BCUT2D eigenvalue weighted by atomic mass is 32.2. The average Bonchev–Trinajstić information content (AvgIpc) is 2.95. The summed E-state index contributed by atoms with van der Waals surface area (Å²) in [5, 5.41) is 8.16. The summed E-state index contributed by atoms with van der Waals surface area (Å²) in [6, 6.07) is 7.19. The van der Waals surface area contributed by atoms with Crippen molar-refractivity contribution in [2.45, 2.75) is 44.6 Å². The van der Waals surface area contributed by atoms with Gasteiger partial charge < -0.3 is 0 Å². The third-order valence-corrected chi connectivity index (χ3v) is 5.32. The molecule has 1 atom stereocenters. The molecular weight excluding hydrogens is 286 g/mol. The Morgan fingerprint density at radius 2 is 2.05 bits per heavy atom. The van der Waals surface area contributed by atoms with E-state index in [4.69, 9.17) is 0 Å². The first-order valence-electron chi connectivity index (χ1n) is 7.18. The smallest absolute Gasteiger partial charge is 0.178 e. The molecule has 0 radical (unpaired) electrons. The van der Waals surface area contributed by atoms with Crippen LogP contribution in [0.3, 0.4) is 0 Å². The molecule has 21 heavy (non-hydrogen) atoms. The van der Waals surface area contributed by atoms with Crippen LogP contribution in [0.25, 0.3) is 0 Å². The van der Waals surface area contributed by atoms with Gasteiger partial charge in [0.2, 0.25) is 0 Å². The van der Waals surface area contributed by atoms with Gasteiger partial charge in [-0.2, -0.15) is 0 Å². The minimum absolute atomic E-state index is 0.121. The molecule has 5 nitrogen and oxygen atoms in total. The van der Waals surface area contributed by atoms with E-state index in [0.29, 0.717) is 4.90 Å². The Hall–Kier alpha value is -1.69. The van der Waals surface area contributed by atoms with E-state index in [-0.39, 0.29) is 11.7 Å². The number of hydrogen-bond acceptors (Lipinski definition) is 4. The summed E-state index contributed by atoms with van der Waals surface area (Å²) in [4.78, 5) is 0.395. The first kappa shape index (κ1) is 15.7. The quantitative estimate of drug-likeness (QED) is 0.822. The molecule has 1 aromatic heterocycles. The van der Waals surface area contributed by atoms with Crippen LogP contribution in [-0.2, 0) is 22.8 Å². The molecule has 1 aromatic carbocycles. The lowest BCUT2D eigenvalue weighted by Crippen LogP contribution is -2.06. The maximum Gasteiger partial charge on any atom is 0.178 e. The molecule has 0 aliphatic heterocycles. The van der Waals surface area contributed by atoms with Crippen molar-refractivity contribution in [2.24, 2.45) is 0 Å². The van der Waals surface area contributed by atoms with Gasteiger partial charge >= 0.3 is 0 Å². The highest BCUT2D eigenvalue weighted by Gasteiger charge is 2.15. The van der Waals surface area contributed by atoms with E-state index < -0.39 is 9.84 Å². The fourth-order valence-electron chi connectivity index (χ4n) is 2.20. The van der Waals surface area contributed by atoms with Crippen LogP contribution < -0.4 is 0 Å². The van der Waals surface area contributed by atoms with E-state index >= 15 is 0 Å². The maximum atomic E-state index is 12.0. The molecule has 0 amide bonds. The molecular formula is C15H21N3O2S. The summed E-state index contributed by atoms with van der Waals surface area (Å²) in [6.45, 7) is 6.55. The van der Waals surface area contributed by atoms with Crippen molar-refractivity contribution in [1.29, 1.82) is 0 Å². The molecule has 0 bridgehead atoms. The van der Waals surface area contributed by atoms with Gasteiger partial charge in [0.05, 0.1) is 16.3 Å². The molecule has 0 aliphatic rings. The molecule has 1 unspecified atom stereocenters. The highest BCUT2D eigenvalue weighted by molar-refractivity contribution is 7.91. The molecule has 1 heterocycles. The number of aromatic nitrogens is 3. The van der Waals surface area contributed by atoms with Crippen LogP contribution in [0.4, 0.5) is 0 Å². The van der Waals surface area contributed by atoms with E-state index in [1.165, 1.54) is 0 Å². The van der Waals surface area contributed by atoms with Gasteiger partial charge in [-0.3, -0.25) is 4.68 Å². The maximum absolute atomic E-state index is 12.0. The highest BCUT2D eigenvalue weighted by Crippen LogP contribution is 2.22. The van der Waals surface area contributed by atoms with Crippen LogP contribution in [0.1, 0.15) is 37.9 Å². The van der Waals surface area contributed by atoms with Crippen molar-refractivity contribution in [2.75, 3.05) is 5.75 Å². The molecule has 0 aliphatic carbocycles. The Morgan fingerprint density at radius 1 is 1.29 bits per heavy atom. The van der Waals surface area contributed by atoms with Gasteiger partial charge in [-0.1, -0.05) is 31.2 Å². The summed E-state index contributed by atoms with van der Waals surface area (Å²) < 4.78 is 25.7. The SMILES string of the molecule is CCn1cc(CC(C)c2cccc(S(=O)(=O)CC)c2)nn1. The zero-order chi connectivity index (χ0) is 15.5. The Bertz CT molecular complexity index is 707. The monoisotopic (exact) mass is 307 g/mol. The summed E-state index contributed by atoms with van der Waals surface area (Å²) >= 11 is 0. The summed E-state index contributed by atoms with van der Waals surface area (Å²) in [5.74, 6) is 0.314. The van der Waals surface area contributed by atoms with Crippen molar-refractivity contribution in [3.8, 4) is 0 Å². The molecule has 2 rings (SSSR count). The van der Waals surface area contributed by atoms with E-state index in [9.17, 15) is 8.42 Å². The molecule has 0 N–H and O–H groups in total. The average molecular weight is 307 g/mol. The fourth-order valence-corrected chi connectivity index (χ4v) is 3.13. The van der Waals surface area contributed by atoms with E-state index in [1.807, 2.05) is 19.2 Å². The molecule has 0 fully saturated rings. The largest absolute Gasteiger partial charge is 0.253 e. The summed E-state index contributed by atoms with van der Waals surface area (Å²) in [6.07, 6.45) is 2.68. The topological polar surface area (TPSA) is 64.8 Å². The second-order valence-corrected chi connectivity index (χ2v) is 7.42. The van der Waals surface area contributed by atoms with Gasteiger partial charge in [0.15, 0.2) is 9.84 Å². The van der Waals surface area contributed by atoms with Gasteiger partial charge in [0.25, 0.3) is 0 Å². The van der Waals surface area contributed by atoms with Gasteiger partial charge in [-0.05, 0) is 37.0 Å². The van der Waals surface area contributed by atoms with Crippen LogP contribution >= 0.6 is 0 Å². The van der Waals surface area contributed by atoms with Crippen LogP contribution in [0.5, 0.6) is 0 Å². The normalized spacial score (nSPS) is 13.3. The predicted molar refractivity (Wildman–Crippen MR) is 82.0 cm³/mol. The number of aryl methyl sites for hydroxylation is 1. The van der Waals surface area contributed by atoms with Crippen LogP contribution in [-0.4, -0.2) is 29.2 Å². The molecule has 2 aromatic rings. The van der Waals surface area contributed by atoms with Crippen LogP contribution in [0.2, 0.25) is 0 Å². The molecule has 0 saturated carbocycles. The molecule has 0 spiro atoms. The lowest BCUT2D eigenvalue weighted by atomic mass is 9.97. The van der Waals surface area contributed by atoms with Gasteiger partial charge in [0, 0.05) is 12.7 Å². The van der Waals surface area contributed by atoms with Crippen LogP contribution in [0, 0.1) is 0 Å². The lowest BCUT2D eigenvalue weighted by molar-refractivity contribution is 0.597. The van der Waals surface area contributed by atoms with Crippen molar-refractivity contribution >= 4 is 9.84 Å². The Morgan fingerprint density at radius 3 is 2.67 bits per heavy atom. The second kappa shape index (κ2) is 6.39. The number of benzene rings is 1. The van der Waals surface area contributed by atoms with E-state index in [2.05, 4.69) is 17.2 Å². The van der Waals surface area contributed by atoms with Gasteiger partial charge in [0.1, 0.15) is 0 Å². The van der Waals surface area contributed by atoms with Crippen molar-refractivity contribution < 1.29 is 8.42 Å². The minimum atomic E-state index is -3.16. The third-order valence-electron chi connectivity index (χ3n) is 3.59. The summed E-state index contributed by atoms with van der Waals surface area (Å²) in [7, 11) is -3.16. The third kappa shape index (κ3) is 3.69. The van der Waals surface area contributed by atoms with Crippen molar-refractivity contribution in [3.05, 3.63) is 41.7 Å². The number of nitrogens with zero attached hydrogens (tertiary/aromatic N) is 3. The molecule has 6 heteroatoms. The number of rotatable bonds is 6. The fraction of sp³-hybridized carbons (Fsp3) is 0.467. The minimum Gasteiger partial charge on any atom is -0.253 e. The van der Waals surface area contributed by atoms with Gasteiger partial charge in [-0.15, -0.1) is 5.10 Å². The van der Waals surface area contributed by atoms with E-state index in [1.54, 1.807) is 29.8 Å². The lowest BCUT2D eigenvalue weighted by Gasteiger charge is -2.11. The number of hydrogen-bond donors (Lipinski definition) is 0. The first-order valence-corrected chi connectivity index (χ1v) is 8.83. The van der Waals surface area contributed by atoms with Crippen LogP contribution in [0.15, 0.2) is 35.4 Å². The second-order valence-electron chi connectivity index (χ2n) is 5.15. The van der Waals surface area contributed by atoms with E-state index in [0.717, 1.165) is 24.2 Å². The molecule has 0 saturated heterocycles. The standard InChI is InChI=1S/C15H21N3O2S/c1-4-18-11-14(16-17-18)9-12(3)13-7-6-8-15(10-13)21(19,20)5-2/h6-8,10-12H,4-5,9H2,1-3H3. The predicted octanol–water partition coefficient (Wildman–Crippen LogP) is 2.44.